The number of hydrogen-bond acceptors (Lipinski definition) is 5. The largest absolute Gasteiger partial charge is 0.491 e. The van der Waals surface area contributed by atoms with E-state index in [0.29, 0.717) is 24.6 Å². The van der Waals surface area contributed by atoms with Crippen LogP contribution in [-0.4, -0.2) is 48.8 Å². The molecule has 2 heterocycles. The van der Waals surface area contributed by atoms with Gasteiger partial charge in [-0.2, -0.15) is 0 Å². The van der Waals surface area contributed by atoms with Crippen molar-refractivity contribution in [3.63, 3.8) is 0 Å². The van der Waals surface area contributed by atoms with Crippen molar-refractivity contribution in [2.75, 3.05) is 26.2 Å². The maximum Gasteiger partial charge on any atom is 0.270 e. The second-order valence-corrected chi connectivity index (χ2v) is 5.68. The third-order valence-corrected chi connectivity index (χ3v) is 3.15. The fourth-order valence-corrected chi connectivity index (χ4v) is 2.23. The van der Waals surface area contributed by atoms with Crippen LogP contribution in [0.25, 0.3) is 0 Å². The minimum atomic E-state index is -0.195. The summed E-state index contributed by atoms with van der Waals surface area (Å²) in [6.07, 6.45) is 1.57. The van der Waals surface area contributed by atoms with Crippen LogP contribution in [0.2, 0.25) is 0 Å². The number of rotatable bonds is 5. The monoisotopic (exact) mass is 293 g/mol. The third-order valence-electron chi connectivity index (χ3n) is 3.15. The SMILES string of the molecule is CCNC(=O)c1cc(OCC2CNCC(C)(C)O2)ccn1. The Morgan fingerprint density at radius 1 is 1.62 bits per heavy atom. The Morgan fingerprint density at radius 2 is 2.43 bits per heavy atom. The number of morpholine rings is 1. The van der Waals surface area contributed by atoms with Crippen LogP contribution in [0.1, 0.15) is 31.3 Å². The standard InChI is InChI=1S/C15H23N3O3/c1-4-17-14(19)13-7-11(5-6-18-13)20-9-12-8-16-10-15(2,3)21-12/h5-7,12,16H,4,8-10H2,1-3H3,(H,17,19). The average Bonchev–Trinajstić information content (AvgIpc) is 2.45. The number of aromatic nitrogens is 1. The number of carbonyl (C=O) groups excluding carboxylic acids is 1. The van der Waals surface area contributed by atoms with Gasteiger partial charge in [0.25, 0.3) is 5.91 Å². The highest BCUT2D eigenvalue weighted by Crippen LogP contribution is 2.17. The number of carbonyl (C=O) groups is 1. The van der Waals surface area contributed by atoms with E-state index in [4.69, 9.17) is 9.47 Å². The first-order valence-electron chi connectivity index (χ1n) is 7.26. The molecule has 1 aromatic heterocycles. The Kier molecular flexibility index (Phi) is 5.14. The molecule has 2 rings (SSSR count). The fourth-order valence-electron chi connectivity index (χ4n) is 2.23. The first kappa shape index (κ1) is 15.7. The van der Waals surface area contributed by atoms with Gasteiger partial charge in [-0.15, -0.1) is 0 Å². The molecular weight excluding hydrogens is 270 g/mol. The first-order chi connectivity index (χ1) is 10.00. The molecule has 116 valence electrons. The maximum atomic E-state index is 11.7. The number of nitrogens with one attached hydrogen (secondary N) is 2. The summed E-state index contributed by atoms with van der Waals surface area (Å²) in [7, 11) is 0. The molecule has 6 heteroatoms. The van der Waals surface area contributed by atoms with Crippen molar-refractivity contribution in [3.8, 4) is 5.75 Å². The molecule has 6 nitrogen and oxygen atoms in total. The molecule has 0 radical (unpaired) electrons. The molecular formula is C15H23N3O3. The van der Waals surface area contributed by atoms with E-state index >= 15 is 0 Å². The maximum absolute atomic E-state index is 11.7. The lowest BCUT2D eigenvalue weighted by molar-refractivity contribution is -0.107. The molecule has 2 N–H and O–H groups in total. The summed E-state index contributed by atoms with van der Waals surface area (Å²) >= 11 is 0. The van der Waals surface area contributed by atoms with Gasteiger partial charge < -0.3 is 20.1 Å². The summed E-state index contributed by atoms with van der Waals surface area (Å²) in [4.78, 5) is 15.8. The fraction of sp³-hybridized carbons (Fsp3) is 0.600. The lowest BCUT2D eigenvalue weighted by atomic mass is 10.1. The Morgan fingerprint density at radius 3 is 3.14 bits per heavy atom. The number of hydrogen-bond donors (Lipinski definition) is 2. The predicted molar refractivity (Wildman–Crippen MR) is 79.6 cm³/mol. The van der Waals surface area contributed by atoms with Crippen LogP contribution in [0.5, 0.6) is 5.75 Å². The molecule has 1 atom stereocenters. The predicted octanol–water partition coefficient (Wildman–Crippen LogP) is 0.977. The summed E-state index contributed by atoms with van der Waals surface area (Å²) in [6.45, 7) is 8.57. The smallest absolute Gasteiger partial charge is 0.270 e. The summed E-state index contributed by atoms with van der Waals surface area (Å²) in [5.41, 5.74) is 0.175. The lowest BCUT2D eigenvalue weighted by Crippen LogP contribution is -2.52. The van der Waals surface area contributed by atoms with Crippen molar-refractivity contribution in [1.82, 2.24) is 15.6 Å². The second kappa shape index (κ2) is 6.87. The third kappa shape index (κ3) is 4.68. The van der Waals surface area contributed by atoms with Crippen LogP contribution in [0, 0.1) is 0 Å². The van der Waals surface area contributed by atoms with Crippen LogP contribution in [0.15, 0.2) is 18.3 Å². The van der Waals surface area contributed by atoms with Crippen LogP contribution in [0.4, 0.5) is 0 Å². The molecule has 0 saturated carbocycles. The summed E-state index contributed by atoms with van der Waals surface area (Å²) in [6, 6.07) is 3.39. The van der Waals surface area contributed by atoms with Crippen molar-refractivity contribution >= 4 is 5.91 Å². The zero-order valence-corrected chi connectivity index (χ0v) is 12.8. The van der Waals surface area contributed by atoms with Crippen molar-refractivity contribution in [2.45, 2.75) is 32.5 Å². The van der Waals surface area contributed by atoms with Gasteiger partial charge >= 0.3 is 0 Å². The molecule has 0 bridgehead atoms. The van der Waals surface area contributed by atoms with E-state index in [0.717, 1.165) is 13.1 Å². The Hall–Kier alpha value is -1.66. The minimum Gasteiger partial charge on any atom is -0.491 e. The highest BCUT2D eigenvalue weighted by atomic mass is 16.5. The van der Waals surface area contributed by atoms with Gasteiger partial charge in [-0.1, -0.05) is 0 Å². The van der Waals surface area contributed by atoms with E-state index in [1.54, 1.807) is 18.3 Å². The lowest BCUT2D eigenvalue weighted by Gasteiger charge is -2.36. The van der Waals surface area contributed by atoms with Crippen molar-refractivity contribution in [3.05, 3.63) is 24.0 Å². The van der Waals surface area contributed by atoms with Gasteiger partial charge in [-0.05, 0) is 26.8 Å². The summed E-state index contributed by atoms with van der Waals surface area (Å²) in [5, 5.41) is 6.04. The zero-order valence-electron chi connectivity index (χ0n) is 12.8. The van der Waals surface area contributed by atoms with Crippen molar-refractivity contribution in [1.29, 1.82) is 0 Å². The van der Waals surface area contributed by atoms with Gasteiger partial charge in [-0.3, -0.25) is 9.78 Å². The molecule has 1 unspecified atom stereocenters. The molecule has 1 aliphatic rings. The van der Waals surface area contributed by atoms with Gasteiger partial charge in [0.1, 0.15) is 24.2 Å². The van der Waals surface area contributed by atoms with E-state index in [9.17, 15) is 4.79 Å². The van der Waals surface area contributed by atoms with Gasteiger partial charge in [0, 0.05) is 31.9 Å². The van der Waals surface area contributed by atoms with Gasteiger partial charge in [-0.25, -0.2) is 0 Å². The topological polar surface area (TPSA) is 72.5 Å². The molecule has 1 amide bonds. The number of pyridine rings is 1. The second-order valence-electron chi connectivity index (χ2n) is 5.68. The molecule has 0 aliphatic carbocycles. The normalized spacial score (nSPS) is 20.8. The van der Waals surface area contributed by atoms with Gasteiger partial charge in [0.2, 0.25) is 0 Å². The van der Waals surface area contributed by atoms with Crippen LogP contribution >= 0.6 is 0 Å². The highest BCUT2D eigenvalue weighted by Gasteiger charge is 2.28. The van der Waals surface area contributed by atoms with Crippen LogP contribution < -0.4 is 15.4 Å². The Bertz CT molecular complexity index is 491. The molecule has 1 aromatic rings. The molecule has 0 aromatic carbocycles. The molecule has 1 fully saturated rings. The van der Waals surface area contributed by atoms with E-state index < -0.39 is 0 Å². The summed E-state index contributed by atoms with van der Waals surface area (Å²) < 4.78 is 11.7. The van der Waals surface area contributed by atoms with Crippen molar-refractivity contribution in [2.24, 2.45) is 0 Å². The molecule has 1 aliphatic heterocycles. The van der Waals surface area contributed by atoms with Crippen LogP contribution in [-0.2, 0) is 4.74 Å². The number of nitrogens with zero attached hydrogens (tertiary/aromatic N) is 1. The highest BCUT2D eigenvalue weighted by molar-refractivity contribution is 5.92. The molecule has 1 saturated heterocycles. The van der Waals surface area contributed by atoms with E-state index in [1.807, 2.05) is 20.8 Å². The molecule has 21 heavy (non-hydrogen) atoms. The van der Waals surface area contributed by atoms with E-state index in [-0.39, 0.29) is 17.6 Å². The Labute approximate surface area is 125 Å². The van der Waals surface area contributed by atoms with E-state index in [2.05, 4.69) is 15.6 Å². The van der Waals surface area contributed by atoms with Crippen molar-refractivity contribution < 1.29 is 14.3 Å². The Balaban J connectivity index is 1.91. The minimum absolute atomic E-state index is 0.00478. The number of amides is 1. The van der Waals surface area contributed by atoms with E-state index in [1.165, 1.54) is 0 Å². The van der Waals surface area contributed by atoms with Crippen LogP contribution in [0.3, 0.4) is 0 Å². The average molecular weight is 293 g/mol. The van der Waals surface area contributed by atoms with Gasteiger partial charge in [0.05, 0.1) is 5.60 Å². The number of ether oxygens (including phenoxy) is 2. The first-order valence-corrected chi connectivity index (χ1v) is 7.26. The quantitative estimate of drug-likeness (QED) is 0.846. The summed E-state index contributed by atoms with van der Waals surface area (Å²) in [5.74, 6) is 0.429. The molecule has 0 spiro atoms. The zero-order chi connectivity index (χ0) is 15.3. The van der Waals surface area contributed by atoms with Gasteiger partial charge in [0.15, 0.2) is 0 Å².